The number of rotatable bonds is 5. The van der Waals surface area contributed by atoms with Gasteiger partial charge >= 0.3 is 0 Å². The zero-order valence-corrected chi connectivity index (χ0v) is 11.5. The van der Waals surface area contributed by atoms with E-state index in [0.29, 0.717) is 6.42 Å². The number of methoxy groups -OCH3 is 1. The number of carbonyl (C=O) groups is 1. The van der Waals surface area contributed by atoms with E-state index in [4.69, 9.17) is 4.74 Å². The van der Waals surface area contributed by atoms with E-state index in [-0.39, 0.29) is 5.78 Å². The van der Waals surface area contributed by atoms with Gasteiger partial charge in [-0.25, -0.2) is 0 Å². The van der Waals surface area contributed by atoms with E-state index in [1.54, 1.807) is 7.11 Å². The fraction of sp³-hybridized carbons (Fsp3) is 0.462. The predicted molar refractivity (Wildman–Crippen MR) is 70.1 cm³/mol. The summed E-state index contributed by atoms with van der Waals surface area (Å²) in [4.78, 5) is 11.9. The Bertz CT molecular complexity index is 349. The van der Waals surface area contributed by atoms with Crippen molar-refractivity contribution in [3.63, 3.8) is 0 Å². The minimum Gasteiger partial charge on any atom is -0.497 e. The van der Waals surface area contributed by atoms with Crippen molar-refractivity contribution in [3.05, 3.63) is 29.8 Å². The third-order valence-electron chi connectivity index (χ3n) is 2.51. The number of benzene rings is 1. The van der Waals surface area contributed by atoms with E-state index in [2.05, 4.69) is 19.6 Å². The largest absolute Gasteiger partial charge is 0.497 e. The molecule has 0 amide bonds. The summed E-state index contributed by atoms with van der Waals surface area (Å²) in [6, 6.07) is 8.40. The number of hydrogen-bond donors (Lipinski definition) is 0. The van der Waals surface area contributed by atoms with Crippen molar-refractivity contribution in [2.75, 3.05) is 7.11 Å². The maximum absolute atomic E-state index is 11.9. The lowest BCUT2D eigenvalue weighted by molar-refractivity contribution is 0.0987. The van der Waals surface area contributed by atoms with E-state index in [1.807, 2.05) is 24.3 Å². The van der Waals surface area contributed by atoms with Crippen LogP contribution in [0.2, 0.25) is 25.7 Å². The molecular formula is C13H20O2Si. The van der Waals surface area contributed by atoms with Crippen molar-refractivity contribution in [2.24, 2.45) is 0 Å². The van der Waals surface area contributed by atoms with Crippen LogP contribution in [0, 0.1) is 0 Å². The normalized spacial score (nSPS) is 11.2. The van der Waals surface area contributed by atoms with E-state index < -0.39 is 8.07 Å². The topological polar surface area (TPSA) is 26.3 Å². The average Bonchev–Trinajstić information content (AvgIpc) is 2.25. The van der Waals surface area contributed by atoms with Crippen molar-refractivity contribution < 1.29 is 9.53 Å². The Morgan fingerprint density at radius 2 is 1.75 bits per heavy atom. The van der Waals surface area contributed by atoms with Crippen LogP contribution in [0.15, 0.2) is 24.3 Å². The number of ketones is 1. The second kappa shape index (κ2) is 5.30. The molecule has 0 heterocycles. The number of Topliss-reactive ketones (excluding diaryl/α,β-unsaturated/α-hetero) is 1. The van der Waals surface area contributed by atoms with Gasteiger partial charge in [0.15, 0.2) is 5.78 Å². The van der Waals surface area contributed by atoms with Gasteiger partial charge in [-0.15, -0.1) is 0 Å². The van der Waals surface area contributed by atoms with Crippen LogP contribution < -0.4 is 4.74 Å². The summed E-state index contributed by atoms with van der Waals surface area (Å²) in [7, 11) is 0.511. The van der Waals surface area contributed by atoms with Crippen molar-refractivity contribution in [1.29, 1.82) is 0 Å². The van der Waals surface area contributed by atoms with Gasteiger partial charge in [0, 0.05) is 20.1 Å². The molecule has 0 aliphatic heterocycles. The van der Waals surface area contributed by atoms with Crippen molar-refractivity contribution in [2.45, 2.75) is 32.1 Å². The van der Waals surface area contributed by atoms with Crippen LogP contribution in [0.1, 0.15) is 16.8 Å². The highest BCUT2D eigenvalue weighted by Gasteiger charge is 2.15. The second-order valence-electron chi connectivity index (χ2n) is 5.21. The number of hydrogen-bond acceptors (Lipinski definition) is 2. The molecule has 1 aromatic carbocycles. The first-order chi connectivity index (χ1) is 7.42. The lowest BCUT2D eigenvalue weighted by Gasteiger charge is -2.14. The lowest BCUT2D eigenvalue weighted by atomic mass is 10.1. The van der Waals surface area contributed by atoms with Crippen LogP contribution in [0.3, 0.4) is 0 Å². The molecule has 0 bridgehead atoms. The molecule has 2 nitrogen and oxygen atoms in total. The highest BCUT2D eigenvalue weighted by atomic mass is 28.3. The van der Waals surface area contributed by atoms with Crippen LogP contribution in [0.25, 0.3) is 0 Å². The summed E-state index contributed by atoms with van der Waals surface area (Å²) in [5, 5.41) is 0. The Morgan fingerprint density at radius 1 is 1.19 bits per heavy atom. The SMILES string of the molecule is COc1ccc(C(=O)CC[Si](C)(C)C)cc1. The second-order valence-corrected chi connectivity index (χ2v) is 10.8. The van der Waals surface area contributed by atoms with Crippen LogP contribution in [-0.4, -0.2) is 21.0 Å². The summed E-state index contributed by atoms with van der Waals surface area (Å²) in [5.74, 6) is 1.03. The van der Waals surface area contributed by atoms with Crippen LogP contribution in [0.4, 0.5) is 0 Å². The van der Waals surface area contributed by atoms with E-state index in [0.717, 1.165) is 17.4 Å². The van der Waals surface area contributed by atoms with Gasteiger partial charge in [-0.1, -0.05) is 25.7 Å². The Balaban J connectivity index is 2.59. The van der Waals surface area contributed by atoms with Gasteiger partial charge in [0.05, 0.1) is 7.11 Å². The Labute approximate surface area is 98.6 Å². The molecule has 0 aliphatic rings. The molecule has 0 N–H and O–H groups in total. The summed E-state index contributed by atoms with van der Waals surface area (Å²) in [6.07, 6.45) is 0.669. The molecular weight excluding hydrogens is 216 g/mol. The maximum Gasteiger partial charge on any atom is 0.162 e. The number of carbonyl (C=O) groups excluding carboxylic acids is 1. The third-order valence-corrected chi connectivity index (χ3v) is 4.26. The third kappa shape index (κ3) is 4.19. The molecule has 1 rings (SSSR count). The molecule has 0 unspecified atom stereocenters. The molecule has 88 valence electrons. The first-order valence-corrected chi connectivity index (χ1v) is 9.30. The quantitative estimate of drug-likeness (QED) is 0.576. The van der Waals surface area contributed by atoms with Gasteiger partial charge in [-0.05, 0) is 24.3 Å². The van der Waals surface area contributed by atoms with E-state index >= 15 is 0 Å². The highest BCUT2D eigenvalue weighted by molar-refractivity contribution is 6.76. The summed E-state index contributed by atoms with van der Waals surface area (Å²) < 4.78 is 5.06. The van der Waals surface area contributed by atoms with Crippen molar-refractivity contribution in [1.82, 2.24) is 0 Å². The molecule has 0 spiro atoms. The first kappa shape index (κ1) is 13.0. The van der Waals surface area contributed by atoms with Gasteiger partial charge in [0.25, 0.3) is 0 Å². The van der Waals surface area contributed by atoms with Crippen LogP contribution in [0.5, 0.6) is 5.75 Å². The monoisotopic (exact) mass is 236 g/mol. The van der Waals surface area contributed by atoms with Gasteiger partial charge < -0.3 is 4.74 Å². The van der Waals surface area contributed by atoms with Gasteiger partial charge in [0.1, 0.15) is 5.75 Å². The molecule has 0 saturated carbocycles. The van der Waals surface area contributed by atoms with E-state index in [1.165, 1.54) is 0 Å². The average molecular weight is 236 g/mol. The van der Waals surface area contributed by atoms with Gasteiger partial charge in [0.2, 0.25) is 0 Å². The molecule has 0 atom stereocenters. The molecule has 1 aromatic rings. The van der Waals surface area contributed by atoms with E-state index in [9.17, 15) is 4.79 Å². The summed E-state index contributed by atoms with van der Waals surface area (Å²) in [6.45, 7) is 6.86. The van der Waals surface area contributed by atoms with Crippen LogP contribution in [-0.2, 0) is 0 Å². The fourth-order valence-corrected chi connectivity index (χ4v) is 2.39. The molecule has 0 aliphatic carbocycles. The molecule has 0 saturated heterocycles. The standard InChI is InChI=1S/C13H20O2Si/c1-15-12-7-5-11(6-8-12)13(14)9-10-16(2,3)4/h5-8H,9-10H2,1-4H3. The number of ether oxygens (including phenoxy) is 1. The molecule has 16 heavy (non-hydrogen) atoms. The Kier molecular flexibility index (Phi) is 4.30. The predicted octanol–water partition coefficient (Wildman–Crippen LogP) is 3.61. The van der Waals surface area contributed by atoms with Gasteiger partial charge in [-0.3, -0.25) is 4.79 Å². The zero-order chi connectivity index (χ0) is 12.2. The smallest absolute Gasteiger partial charge is 0.162 e. The molecule has 0 aromatic heterocycles. The minimum atomic E-state index is -1.12. The molecule has 3 heteroatoms. The maximum atomic E-state index is 11.9. The first-order valence-electron chi connectivity index (χ1n) is 5.59. The van der Waals surface area contributed by atoms with Crippen LogP contribution >= 0.6 is 0 Å². The Morgan fingerprint density at radius 3 is 2.19 bits per heavy atom. The van der Waals surface area contributed by atoms with Gasteiger partial charge in [-0.2, -0.15) is 0 Å². The lowest BCUT2D eigenvalue weighted by Crippen LogP contribution is -2.20. The minimum absolute atomic E-state index is 0.241. The highest BCUT2D eigenvalue weighted by Crippen LogP contribution is 2.16. The Hall–Kier alpha value is -1.09. The van der Waals surface area contributed by atoms with Crippen molar-refractivity contribution in [3.8, 4) is 5.75 Å². The van der Waals surface area contributed by atoms with Crippen molar-refractivity contribution >= 4 is 13.9 Å². The molecule has 0 fully saturated rings. The molecule has 0 radical (unpaired) electrons. The summed E-state index contributed by atoms with van der Waals surface area (Å²) >= 11 is 0. The zero-order valence-electron chi connectivity index (χ0n) is 10.5. The summed E-state index contributed by atoms with van der Waals surface area (Å²) in [5.41, 5.74) is 0.791. The fourth-order valence-electron chi connectivity index (χ4n) is 1.41.